The van der Waals surface area contributed by atoms with Gasteiger partial charge >= 0.3 is 6.61 Å². The van der Waals surface area contributed by atoms with E-state index in [1.807, 2.05) is 0 Å². The third-order valence-corrected chi connectivity index (χ3v) is 7.06. The van der Waals surface area contributed by atoms with Crippen LogP contribution in [0.1, 0.15) is 33.8 Å². The number of hydrogen-bond acceptors (Lipinski definition) is 7. The number of alkyl halides is 2. The molecule has 0 fully saturated rings. The van der Waals surface area contributed by atoms with Crippen molar-refractivity contribution in [3.8, 4) is 22.1 Å². The third-order valence-electron chi connectivity index (χ3n) is 5.05. The molecule has 4 aromatic rings. The van der Waals surface area contributed by atoms with Gasteiger partial charge in [0.2, 0.25) is 0 Å². The molecule has 3 heterocycles. The van der Waals surface area contributed by atoms with Gasteiger partial charge in [0.1, 0.15) is 28.1 Å². The minimum Gasteiger partial charge on any atom is -0.484 e. The van der Waals surface area contributed by atoms with Crippen molar-refractivity contribution in [3.05, 3.63) is 70.9 Å². The van der Waals surface area contributed by atoms with Crippen molar-refractivity contribution in [2.75, 3.05) is 6.26 Å². The number of benzene rings is 1. The molecular weight excluding hydrogens is 500 g/mol. The second-order valence-electron chi connectivity index (χ2n) is 7.82. The summed E-state index contributed by atoms with van der Waals surface area (Å²) in [5, 5.41) is 0. The van der Waals surface area contributed by atoms with Gasteiger partial charge in [-0.15, -0.1) is 11.3 Å². The van der Waals surface area contributed by atoms with Gasteiger partial charge in [-0.1, -0.05) is 24.3 Å². The first-order chi connectivity index (χ1) is 16.5. The number of hydrogen-bond donors (Lipinski definition) is 1. The predicted octanol–water partition coefficient (Wildman–Crippen LogP) is 4.45. The summed E-state index contributed by atoms with van der Waals surface area (Å²) in [7, 11) is -3.24. The molecule has 3 aromatic heterocycles. The number of thiophene rings is 1. The number of ether oxygens (including phenoxy) is 2. The van der Waals surface area contributed by atoms with E-state index in [1.165, 1.54) is 6.07 Å². The average Bonchev–Trinajstić information content (AvgIpc) is 3.36. The molecule has 1 atom stereocenters. The zero-order valence-corrected chi connectivity index (χ0v) is 20.3. The summed E-state index contributed by atoms with van der Waals surface area (Å²) in [5.41, 5.74) is 7.71. The van der Waals surface area contributed by atoms with Crippen molar-refractivity contribution in [3.63, 3.8) is 0 Å². The Morgan fingerprint density at radius 3 is 2.60 bits per heavy atom. The fraction of sp³-hybridized carbons (Fsp3) is 0.217. The van der Waals surface area contributed by atoms with Crippen LogP contribution in [0.3, 0.4) is 0 Å². The summed E-state index contributed by atoms with van der Waals surface area (Å²) in [6.07, 6.45) is 3.67. The maximum atomic E-state index is 12.8. The largest absolute Gasteiger partial charge is 0.484 e. The van der Waals surface area contributed by atoms with Gasteiger partial charge in [-0.3, -0.25) is 9.20 Å². The first-order valence-electron chi connectivity index (χ1n) is 10.3. The Kier molecular flexibility index (Phi) is 6.77. The van der Waals surface area contributed by atoms with E-state index < -0.39 is 28.5 Å². The van der Waals surface area contributed by atoms with Crippen LogP contribution in [-0.2, 0) is 15.6 Å². The standard InChI is InChI=1S/C23H21F2N3O5S2/c1-13(15-5-3-4-6-17(15)33-23(24)25)32-18-9-19(34-21(18)22(26)29)16-10-27-20-8-7-14(11-28(16)20)12-35(2,30)31/h3-11,13,23H,12H2,1-2H3,(H2,26,29). The number of amides is 1. The van der Waals surface area contributed by atoms with Gasteiger partial charge in [-0.25, -0.2) is 13.4 Å². The van der Waals surface area contributed by atoms with E-state index in [2.05, 4.69) is 9.72 Å². The van der Waals surface area contributed by atoms with E-state index in [1.54, 1.807) is 60.1 Å². The van der Waals surface area contributed by atoms with Crippen LogP contribution in [0.4, 0.5) is 8.78 Å². The lowest BCUT2D eigenvalue weighted by Crippen LogP contribution is -2.13. The van der Waals surface area contributed by atoms with Crippen LogP contribution in [0, 0.1) is 0 Å². The van der Waals surface area contributed by atoms with E-state index in [-0.39, 0.29) is 22.1 Å². The number of nitrogens with two attached hydrogens (primary N) is 1. The highest BCUT2D eigenvalue weighted by molar-refractivity contribution is 7.89. The van der Waals surface area contributed by atoms with Gasteiger partial charge < -0.3 is 15.2 Å². The summed E-state index contributed by atoms with van der Waals surface area (Å²) in [6, 6.07) is 11.2. The molecule has 35 heavy (non-hydrogen) atoms. The summed E-state index contributed by atoms with van der Waals surface area (Å²) < 4.78 is 61.3. The highest BCUT2D eigenvalue weighted by atomic mass is 32.2. The number of nitrogens with zero attached hydrogens (tertiary/aromatic N) is 2. The Bertz CT molecular complexity index is 1500. The zero-order chi connectivity index (χ0) is 25.3. The van der Waals surface area contributed by atoms with Crippen LogP contribution in [0.15, 0.2) is 54.9 Å². The minimum atomic E-state index is -3.24. The molecule has 1 aromatic carbocycles. The number of halogens is 2. The molecule has 0 aliphatic carbocycles. The predicted molar refractivity (Wildman–Crippen MR) is 128 cm³/mol. The fourth-order valence-corrected chi connectivity index (χ4v) is 5.35. The molecule has 2 N–H and O–H groups in total. The molecule has 1 amide bonds. The van der Waals surface area contributed by atoms with E-state index in [4.69, 9.17) is 10.5 Å². The molecule has 0 bridgehead atoms. The fourth-order valence-electron chi connectivity index (χ4n) is 3.63. The molecule has 0 spiro atoms. The molecule has 0 radical (unpaired) electrons. The quantitative estimate of drug-likeness (QED) is 0.348. The molecule has 184 valence electrons. The van der Waals surface area contributed by atoms with Crippen LogP contribution in [-0.4, -0.2) is 36.6 Å². The number of para-hydroxylation sites is 1. The van der Waals surface area contributed by atoms with Crippen molar-refractivity contribution in [1.29, 1.82) is 0 Å². The molecule has 0 saturated carbocycles. The number of imidazole rings is 1. The Morgan fingerprint density at radius 2 is 1.91 bits per heavy atom. The summed E-state index contributed by atoms with van der Waals surface area (Å²) in [4.78, 5) is 17.2. The number of carbonyl (C=O) groups excluding carboxylic acids is 1. The third kappa shape index (κ3) is 5.60. The molecule has 4 rings (SSSR count). The molecule has 8 nitrogen and oxygen atoms in total. The topological polar surface area (TPSA) is 113 Å². The molecule has 0 aliphatic rings. The van der Waals surface area contributed by atoms with Gasteiger partial charge in [-0.2, -0.15) is 8.78 Å². The lowest BCUT2D eigenvalue weighted by atomic mass is 10.1. The van der Waals surface area contributed by atoms with Gasteiger partial charge in [0, 0.05) is 24.1 Å². The minimum absolute atomic E-state index is 0.0359. The molecule has 12 heteroatoms. The molecule has 0 aliphatic heterocycles. The smallest absolute Gasteiger partial charge is 0.387 e. The van der Waals surface area contributed by atoms with Gasteiger partial charge in [0.25, 0.3) is 5.91 Å². The Morgan fingerprint density at radius 1 is 1.17 bits per heavy atom. The normalized spacial score (nSPS) is 12.7. The average molecular weight is 522 g/mol. The molecule has 1 unspecified atom stereocenters. The van der Waals surface area contributed by atoms with Crippen molar-refractivity contribution in [2.45, 2.75) is 25.4 Å². The summed E-state index contributed by atoms with van der Waals surface area (Å²) in [5.74, 6) is -0.707. The second-order valence-corrected chi connectivity index (χ2v) is 11.0. The number of rotatable bonds is 9. The lowest BCUT2D eigenvalue weighted by Gasteiger charge is -2.18. The van der Waals surface area contributed by atoms with E-state index in [9.17, 15) is 22.0 Å². The van der Waals surface area contributed by atoms with E-state index in [0.29, 0.717) is 27.3 Å². The maximum Gasteiger partial charge on any atom is 0.387 e. The van der Waals surface area contributed by atoms with Gasteiger partial charge in [0.15, 0.2) is 9.84 Å². The Labute approximate surface area is 203 Å². The van der Waals surface area contributed by atoms with E-state index in [0.717, 1.165) is 17.6 Å². The van der Waals surface area contributed by atoms with Gasteiger partial charge in [-0.05, 0) is 24.6 Å². The first-order valence-corrected chi connectivity index (χ1v) is 13.2. The maximum absolute atomic E-state index is 12.8. The van der Waals surface area contributed by atoms with Crippen LogP contribution in [0.5, 0.6) is 11.5 Å². The van der Waals surface area contributed by atoms with Crippen molar-refractivity contribution in [2.24, 2.45) is 5.73 Å². The Balaban J connectivity index is 1.71. The molecular formula is C23H21F2N3O5S2. The van der Waals surface area contributed by atoms with Gasteiger partial charge in [0.05, 0.1) is 22.5 Å². The molecule has 0 saturated heterocycles. The van der Waals surface area contributed by atoms with Crippen molar-refractivity contribution in [1.82, 2.24) is 9.38 Å². The Hall–Kier alpha value is -3.51. The first kappa shape index (κ1) is 24.6. The van der Waals surface area contributed by atoms with Crippen LogP contribution >= 0.6 is 11.3 Å². The number of aromatic nitrogens is 2. The monoisotopic (exact) mass is 521 g/mol. The number of carbonyl (C=O) groups is 1. The van der Waals surface area contributed by atoms with Crippen molar-refractivity contribution >= 4 is 32.7 Å². The van der Waals surface area contributed by atoms with Crippen LogP contribution in [0.25, 0.3) is 16.2 Å². The van der Waals surface area contributed by atoms with Crippen molar-refractivity contribution < 1.29 is 31.5 Å². The number of sulfone groups is 1. The summed E-state index contributed by atoms with van der Waals surface area (Å²) >= 11 is 1.08. The zero-order valence-electron chi connectivity index (χ0n) is 18.6. The van der Waals surface area contributed by atoms with Crippen LogP contribution in [0.2, 0.25) is 0 Å². The highest BCUT2D eigenvalue weighted by Gasteiger charge is 2.22. The second kappa shape index (κ2) is 9.62. The lowest BCUT2D eigenvalue weighted by molar-refractivity contribution is -0.0512. The number of fused-ring (bicyclic) bond motifs is 1. The summed E-state index contributed by atoms with van der Waals surface area (Å²) in [6.45, 7) is -1.36. The van der Waals surface area contributed by atoms with E-state index >= 15 is 0 Å². The SMILES string of the molecule is CC(Oc1cc(-c2cnc3ccc(CS(C)(=O)=O)cn23)sc1C(N)=O)c1ccccc1OC(F)F. The number of pyridine rings is 1. The number of primary amides is 1. The highest BCUT2D eigenvalue weighted by Crippen LogP contribution is 2.39. The van der Waals surface area contributed by atoms with Crippen LogP contribution < -0.4 is 15.2 Å².